The Morgan fingerprint density at radius 1 is 1.04 bits per heavy atom. The number of hydrogen-bond acceptors (Lipinski definition) is 6. The third-order valence-electron chi connectivity index (χ3n) is 3.80. The minimum atomic E-state index is -0.405. The van der Waals surface area contributed by atoms with Crippen molar-refractivity contribution in [2.45, 2.75) is 12.5 Å². The molecule has 2 aromatic rings. The van der Waals surface area contributed by atoms with E-state index in [1.165, 1.54) is 0 Å². The van der Waals surface area contributed by atoms with Crippen LogP contribution in [0.1, 0.15) is 23.6 Å². The SMILES string of the molecule is COc1ccc(/C=C/C(C[C@H](NO)c2ccc(OC)cc2)=N/O)cc1. The minimum Gasteiger partial charge on any atom is -0.497 e. The van der Waals surface area contributed by atoms with Crippen molar-refractivity contribution in [3.05, 3.63) is 65.7 Å². The zero-order valence-corrected chi connectivity index (χ0v) is 14.2. The Hall–Kier alpha value is -2.83. The summed E-state index contributed by atoms with van der Waals surface area (Å²) in [5.41, 5.74) is 4.47. The monoisotopic (exact) mass is 342 g/mol. The van der Waals surface area contributed by atoms with E-state index in [0.717, 1.165) is 22.6 Å². The molecule has 3 N–H and O–H groups in total. The normalized spacial score (nSPS) is 13.0. The molecule has 6 heteroatoms. The molecule has 0 radical (unpaired) electrons. The molecular weight excluding hydrogens is 320 g/mol. The van der Waals surface area contributed by atoms with E-state index >= 15 is 0 Å². The van der Waals surface area contributed by atoms with Gasteiger partial charge in [-0.2, -0.15) is 5.48 Å². The van der Waals surface area contributed by atoms with Crippen molar-refractivity contribution in [3.8, 4) is 11.5 Å². The quantitative estimate of drug-likeness (QED) is 0.387. The molecule has 0 aliphatic heterocycles. The van der Waals surface area contributed by atoms with Gasteiger partial charge in [0, 0.05) is 6.42 Å². The third kappa shape index (κ3) is 5.34. The molecule has 132 valence electrons. The van der Waals surface area contributed by atoms with Gasteiger partial charge < -0.3 is 19.9 Å². The lowest BCUT2D eigenvalue weighted by Crippen LogP contribution is -2.20. The van der Waals surface area contributed by atoms with E-state index in [1.807, 2.05) is 54.6 Å². The summed E-state index contributed by atoms with van der Waals surface area (Å²) >= 11 is 0. The summed E-state index contributed by atoms with van der Waals surface area (Å²) < 4.78 is 10.2. The minimum absolute atomic E-state index is 0.311. The Morgan fingerprint density at radius 3 is 2.08 bits per heavy atom. The van der Waals surface area contributed by atoms with Gasteiger partial charge >= 0.3 is 0 Å². The summed E-state index contributed by atoms with van der Waals surface area (Å²) in [5.74, 6) is 1.51. The van der Waals surface area contributed by atoms with Gasteiger partial charge in [0.2, 0.25) is 0 Å². The first-order chi connectivity index (χ1) is 12.2. The van der Waals surface area contributed by atoms with Gasteiger partial charge in [-0.3, -0.25) is 0 Å². The van der Waals surface area contributed by atoms with Crippen LogP contribution in [0.5, 0.6) is 11.5 Å². The second-order valence-corrected chi connectivity index (χ2v) is 5.36. The van der Waals surface area contributed by atoms with E-state index in [9.17, 15) is 10.4 Å². The van der Waals surface area contributed by atoms with Crippen LogP contribution in [0.4, 0.5) is 0 Å². The van der Waals surface area contributed by atoms with Crippen LogP contribution in [0, 0.1) is 0 Å². The number of nitrogens with zero attached hydrogens (tertiary/aromatic N) is 1. The maximum absolute atomic E-state index is 9.44. The van der Waals surface area contributed by atoms with Crippen LogP contribution in [-0.4, -0.2) is 30.3 Å². The number of oxime groups is 1. The predicted octanol–water partition coefficient (Wildman–Crippen LogP) is 3.66. The molecule has 0 spiro atoms. The topological polar surface area (TPSA) is 83.3 Å². The summed E-state index contributed by atoms with van der Waals surface area (Å²) in [6.45, 7) is 0. The van der Waals surface area contributed by atoms with Crippen LogP contribution in [0.3, 0.4) is 0 Å². The second-order valence-electron chi connectivity index (χ2n) is 5.36. The zero-order valence-electron chi connectivity index (χ0n) is 14.2. The van der Waals surface area contributed by atoms with Crippen molar-refractivity contribution in [2.24, 2.45) is 5.16 Å². The maximum atomic E-state index is 9.44. The van der Waals surface area contributed by atoms with Gasteiger partial charge in [0.15, 0.2) is 0 Å². The Kier molecular flexibility index (Phi) is 7.00. The Balaban J connectivity index is 2.06. The molecule has 1 atom stereocenters. The van der Waals surface area contributed by atoms with Crippen molar-refractivity contribution in [1.29, 1.82) is 0 Å². The molecule has 6 nitrogen and oxygen atoms in total. The van der Waals surface area contributed by atoms with Gasteiger partial charge in [0.05, 0.1) is 26.0 Å². The number of methoxy groups -OCH3 is 2. The standard InChI is InChI=1S/C19H22N2O4/c1-24-17-9-4-14(5-10-17)3-8-16(20-22)13-19(21-23)15-6-11-18(25-2)12-7-15/h3-12,19,21-23H,13H2,1-2H3/b8-3+,20-16-/t19-/m0/s1. The molecule has 0 unspecified atom stereocenters. The lowest BCUT2D eigenvalue weighted by atomic mass is 10.0. The second kappa shape index (κ2) is 9.46. The van der Waals surface area contributed by atoms with E-state index in [-0.39, 0.29) is 0 Å². The Labute approximate surface area is 147 Å². The molecule has 0 aliphatic carbocycles. The molecule has 0 fully saturated rings. The van der Waals surface area contributed by atoms with Crippen LogP contribution in [0.2, 0.25) is 0 Å². The summed E-state index contributed by atoms with van der Waals surface area (Å²) in [6.07, 6.45) is 3.85. The lowest BCUT2D eigenvalue weighted by Gasteiger charge is -2.15. The number of rotatable bonds is 8. The van der Waals surface area contributed by atoms with E-state index < -0.39 is 6.04 Å². The van der Waals surface area contributed by atoms with Crippen molar-refractivity contribution >= 4 is 11.8 Å². The molecule has 2 rings (SSSR count). The van der Waals surface area contributed by atoms with E-state index in [1.54, 1.807) is 20.3 Å². The van der Waals surface area contributed by atoms with Gasteiger partial charge in [-0.1, -0.05) is 35.5 Å². The molecule has 0 bridgehead atoms. The van der Waals surface area contributed by atoms with Crippen LogP contribution >= 0.6 is 0 Å². The molecule has 0 saturated carbocycles. The van der Waals surface area contributed by atoms with Gasteiger partial charge in [-0.25, -0.2) is 0 Å². The first-order valence-corrected chi connectivity index (χ1v) is 7.76. The summed E-state index contributed by atoms with van der Waals surface area (Å²) in [7, 11) is 3.21. The highest BCUT2D eigenvalue weighted by molar-refractivity contribution is 5.98. The maximum Gasteiger partial charge on any atom is 0.118 e. The summed E-state index contributed by atoms with van der Waals surface area (Å²) in [6, 6.07) is 14.4. The predicted molar refractivity (Wildman–Crippen MR) is 96.5 cm³/mol. The first kappa shape index (κ1) is 18.5. The van der Waals surface area contributed by atoms with Gasteiger partial charge in [0.25, 0.3) is 0 Å². The van der Waals surface area contributed by atoms with E-state index in [2.05, 4.69) is 10.6 Å². The highest BCUT2D eigenvalue weighted by Gasteiger charge is 2.13. The molecule has 0 aromatic heterocycles. The fourth-order valence-electron chi connectivity index (χ4n) is 2.33. The smallest absolute Gasteiger partial charge is 0.118 e. The Morgan fingerprint density at radius 2 is 1.60 bits per heavy atom. The highest BCUT2D eigenvalue weighted by atomic mass is 16.5. The number of allylic oxidation sites excluding steroid dienone is 1. The zero-order chi connectivity index (χ0) is 18.1. The average Bonchev–Trinajstić information content (AvgIpc) is 2.69. The molecular formula is C19H22N2O4. The summed E-state index contributed by atoms with van der Waals surface area (Å²) in [4.78, 5) is 0. The lowest BCUT2D eigenvalue weighted by molar-refractivity contribution is 0.128. The van der Waals surface area contributed by atoms with Crippen LogP contribution in [0.15, 0.2) is 59.8 Å². The number of ether oxygens (including phenoxy) is 2. The molecule has 25 heavy (non-hydrogen) atoms. The third-order valence-corrected chi connectivity index (χ3v) is 3.80. The number of benzene rings is 2. The first-order valence-electron chi connectivity index (χ1n) is 7.76. The van der Waals surface area contributed by atoms with E-state index in [0.29, 0.717) is 12.1 Å². The highest BCUT2D eigenvalue weighted by Crippen LogP contribution is 2.21. The molecule has 2 aromatic carbocycles. The molecule has 0 amide bonds. The van der Waals surface area contributed by atoms with Gasteiger partial charge in [-0.15, -0.1) is 0 Å². The largest absolute Gasteiger partial charge is 0.497 e. The number of nitrogens with one attached hydrogen (secondary N) is 1. The van der Waals surface area contributed by atoms with Crippen molar-refractivity contribution < 1.29 is 19.9 Å². The molecule has 0 heterocycles. The Bertz CT molecular complexity index is 709. The van der Waals surface area contributed by atoms with Crippen molar-refractivity contribution in [2.75, 3.05) is 14.2 Å². The van der Waals surface area contributed by atoms with E-state index in [4.69, 9.17) is 9.47 Å². The van der Waals surface area contributed by atoms with Crippen molar-refractivity contribution in [1.82, 2.24) is 5.48 Å². The molecule has 0 aliphatic rings. The van der Waals surface area contributed by atoms with Gasteiger partial charge in [-0.05, 0) is 41.5 Å². The fraction of sp³-hybridized carbons (Fsp3) is 0.211. The van der Waals surface area contributed by atoms with Crippen LogP contribution < -0.4 is 15.0 Å². The number of hydrogen-bond donors (Lipinski definition) is 3. The van der Waals surface area contributed by atoms with Crippen molar-refractivity contribution in [3.63, 3.8) is 0 Å². The van der Waals surface area contributed by atoms with Crippen LogP contribution in [0.25, 0.3) is 6.08 Å². The summed E-state index contributed by atoms with van der Waals surface area (Å²) in [5, 5.41) is 22.0. The average molecular weight is 342 g/mol. The number of hydroxylamine groups is 1. The molecule has 0 saturated heterocycles. The fourth-order valence-corrected chi connectivity index (χ4v) is 2.33. The van der Waals surface area contributed by atoms with Gasteiger partial charge in [0.1, 0.15) is 11.5 Å². The van der Waals surface area contributed by atoms with Crippen LogP contribution in [-0.2, 0) is 0 Å².